The minimum Gasteiger partial charge on any atom is -0.378 e. The molecule has 2 aromatic rings. The van der Waals surface area contributed by atoms with Gasteiger partial charge in [0.1, 0.15) is 11.7 Å². The molecule has 4 rings (SSSR count). The molecule has 0 unspecified atom stereocenters. The largest absolute Gasteiger partial charge is 0.378 e. The lowest BCUT2D eigenvalue weighted by Crippen LogP contribution is -2.41. The highest BCUT2D eigenvalue weighted by molar-refractivity contribution is 6.30. The fourth-order valence-corrected chi connectivity index (χ4v) is 3.58. The minimum absolute atomic E-state index is 0.191. The van der Waals surface area contributed by atoms with E-state index in [1.807, 2.05) is 11.0 Å². The highest BCUT2D eigenvalue weighted by atomic mass is 35.5. The van der Waals surface area contributed by atoms with Crippen molar-refractivity contribution in [2.24, 2.45) is 5.92 Å². The van der Waals surface area contributed by atoms with E-state index in [0.717, 1.165) is 0 Å². The summed E-state index contributed by atoms with van der Waals surface area (Å²) in [5, 5.41) is 12.7. The zero-order valence-electron chi connectivity index (χ0n) is 14.2. The van der Waals surface area contributed by atoms with E-state index in [-0.39, 0.29) is 16.9 Å². The van der Waals surface area contributed by atoms with Gasteiger partial charge in [-0.1, -0.05) is 23.7 Å². The average Bonchev–Trinajstić information content (AvgIpc) is 2.68. The molecule has 3 heterocycles. The highest BCUT2D eigenvalue weighted by Gasteiger charge is 2.40. The van der Waals surface area contributed by atoms with Crippen LogP contribution < -0.4 is 15.8 Å². The minimum atomic E-state index is -1.03. The molecule has 2 N–H and O–H groups in total. The van der Waals surface area contributed by atoms with Crippen molar-refractivity contribution in [3.05, 3.63) is 50.8 Å². The molecule has 2 aliphatic heterocycles. The van der Waals surface area contributed by atoms with Crippen LogP contribution in [-0.4, -0.2) is 42.2 Å². The Bertz CT molecular complexity index is 976. The number of H-pyrrole nitrogens is 1. The molecule has 1 amide bonds. The molecule has 2 atom stereocenters. The molecular formula is C18H16ClN5O3. The number of ether oxygens (including phenoxy) is 1. The number of hydrogen-bond donors (Lipinski definition) is 2. The first-order valence-corrected chi connectivity index (χ1v) is 8.89. The number of nitrogens with zero attached hydrogens (tertiary/aromatic N) is 3. The maximum absolute atomic E-state index is 12.9. The van der Waals surface area contributed by atoms with Gasteiger partial charge in [0.15, 0.2) is 0 Å². The SMILES string of the molecule is N#C[C@H]1C(=O)Nc2nc(N3CCOCC3)[nH]c(=O)c2[C@H]1c1ccc(Cl)cc1. The number of aromatic nitrogens is 2. The topological polar surface area (TPSA) is 111 Å². The lowest BCUT2D eigenvalue weighted by Gasteiger charge is -2.31. The number of carbonyl (C=O) groups is 1. The number of fused-ring (bicyclic) bond motifs is 1. The number of amides is 1. The van der Waals surface area contributed by atoms with Gasteiger partial charge >= 0.3 is 0 Å². The number of halogens is 1. The predicted molar refractivity (Wildman–Crippen MR) is 98.9 cm³/mol. The molecule has 1 aromatic heterocycles. The summed E-state index contributed by atoms with van der Waals surface area (Å²) in [6.45, 7) is 2.27. The summed E-state index contributed by atoms with van der Waals surface area (Å²) in [6.07, 6.45) is 0. The van der Waals surface area contributed by atoms with Crippen LogP contribution in [0, 0.1) is 17.2 Å². The molecule has 1 saturated heterocycles. The van der Waals surface area contributed by atoms with Crippen molar-refractivity contribution >= 4 is 29.3 Å². The highest BCUT2D eigenvalue weighted by Crippen LogP contribution is 2.38. The number of hydrogen-bond acceptors (Lipinski definition) is 6. The van der Waals surface area contributed by atoms with Crippen molar-refractivity contribution in [2.75, 3.05) is 36.5 Å². The third kappa shape index (κ3) is 3.16. The van der Waals surface area contributed by atoms with E-state index in [0.29, 0.717) is 42.8 Å². The van der Waals surface area contributed by atoms with Crippen molar-refractivity contribution in [2.45, 2.75) is 5.92 Å². The monoisotopic (exact) mass is 385 g/mol. The van der Waals surface area contributed by atoms with Gasteiger partial charge in [-0.2, -0.15) is 10.2 Å². The molecule has 0 radical (unpaired) electrons. The smallest absolute Gasteiger partial charge is 0.258 e. The van der Waals surface area contributed by atoms with E-state index in [9.17, 15) is 14.9 Å². The Morgan fingerprint density at radius 3 is 2.59 bits per heavy atom. The van der Waals surface area contributed by atoms with E-state index in [2.05, 4.69) is 15.3 Å². The Morgan fingerprint density at radius 2 is 1.93 bits per heavy atom. The summed E-state index contributed by atoms with van der Waals surface area (Å²) >= 11 is 5.95. The number of aromatic amines is 1. The summed E-state index contributed by atoms with van der Waals surface area (Å²) < 4.78 is 5.32. The van der Waals surface area contributed by atoms with Crippen molar-refractivity contribution in [1.82, 2.24) is 9.97 Å². The summed E-state index contributed by atoms with van der Waals surface area (Å²) in [5.74, 6) is -1.65. The Balaban J connectivity index is 1.84. The second-order valence-electron chi connectivity index (χ2n) is 6.38. The number of nitriles is 1. The van der Waals surface area contributed by atoms with Crippen LogP contribution in [0.15, 0.2) is 29.1 Å². The molecule has 1 aromatic carbocycles. The first-order chi connectivity index (χ1) is 13.1. The third-order valence-electron chi connectivity index (χ3n) is 4.79. The Kier molecular flexibility index (Phi) is 4.56. The number of morpholine rings is 1. The van der Waals surface area contributed by atoms with E-state index in [1.165, 1.54) is 0 Å². The van der Waals surface area contributed by atoms with Crippen LogP contribution in [0.1, 0.15) is 17.0 Å². The number of nitrogens with one attached hydrogen (secondary N) is 2. The average molecular weight is 386 g/mol. The fraction of sp³-hybridized carbons (Fsp3) is 0.333. The molecule has 0 bridgehead atoms. The van der Waals surface area contributed by atoms with Gasteiger partial charge in [-0.15, -0.1) is 0 Å². The first-order valence-electron chi connectivity index (χ1n) is 8.51. The van der Waals surface area contributed by atoms with Gasteiger partial charge in [0.05, 0.1) is 24.8 Å². The van der Waals surface area contributed by atoms with Gasteiger partial charge in [0.25, 0.3) is 5.56 Å². The van der Waals surface area contributed by atoms with Crippen LogP contribution in [-0.2, 0) is 9.53 Å². The van der Waals surface area contributed by atoms with Crippen molar-refractivity contribution in [3.63, 3.8) is 0 Å². The van der Waals surface area contributed by atoms with Crippen LogP contribution >= 0.6 is 11.6 Å². The van der Waals surface area contributed by atoms with E-state index < -0.39 is 17.7 Å². The molecule has 27 heavy (non-hydrogen) atoms. The van der Waals surface area contributed by atoms with Gasteiger partial charge in [-0.3, -0.25) is 14.6 Å². The summed E-state index contributed by atoms with van der Waals surface area (Å²) in [6, 6.07) is 8.78. The summed E-state index contributed by atoms with van der Waals surface area (Å²) in [7, 11) is 0. The van der Waals surface area contributed by atoms with Crippen molar-refractivity contribution < 1.29 is 9.53 Å². The lowest BCUT2D eigenvalue weighted by atomic mass is 9.79. The molecule has 0 saturated carbocycles. The molecule has 2 aliphatic rings. The molecule has 0 aliphatic carbocycles. The van der Waals surface area contributed by atoms with Crippen molar-refractivity contribution in [1.29, 1.82) is 5.26 Å². The summed E-state index contributed by atoms with van der Waals surface area (Å²) in [5.41, 5.74) is 0.565. The lowest BCUT2D eigenvalue weighted by molar-refractivity contribution is -0.119. The quantitative estimate of drug-likeness (QED) is 0.810. The van der Waals surface area contributed by atoms with Crippen LogP contribution in [0.25, 0.3) is 0 Å². The van der Waals surface area contributed by atoms with Crippen LogP contribution in [0.2, 0.25) is 5.02 Å². The van der Waals surface area contributed by atoms with Gasteiger partial charge in [0, 0.05) is 24.0 Å². The Labute approximate surface area is 159 Å². The second-order valence-corrected chi connectivity index (χ2v) is 6.81. The second kappa shape index (κ2) is 7.02. The Hall–Kier alpha value is -2.89. The van der Waals surface area contributed by atoms with Gasteiger partial charge in [0.2, 0.25) is 11.9 Å². The molecular weight excluding hydrogens is 370 g/mol. The maximum Gasteiger partial charge on any atom is 0.258 e. The normalized spacial score (nSPS) is 21.9. The molecule has 8 nitrogen and oxygen atoms in total. The summed E-state index contributed by atoms with van der Waals surface area (Å²) in [4.78, 5) is 34.5. The van der Waals surface area contributed by atoms with E-state index in [1.54, 1.807) is 24.3 Å². The fourth-order valence-electron chi connectivity index (χ4n) is 3.45. The Morgan fingerprint density at radius 1 is 1.22 bits per heavy atom. The number of anilines is 2. The molecule has 9 heteroatoms. The third-order valence-corrected chi connectivity index (χ3v) is 5.04. The zero-order chi connectivity index (χ0) is 19.0. The number of benzene rings is 1. The standard InChI is InChI=1S/C18H16ClN5O3/c19-11-3-1-10(2-4-11)13-12(9-20)16(25)21-15-14(13)17(26)23-18(22-15)24-5-7-27-8-6-24/h1-4,12-13H,5-8H2,(H2,21,22,23,25,26)/t12-,13+/m1/s1. The van der Waals surface area contributed by atoms with E-state index >= 15 is 0 Å². The van der Waals surface area contributed by atoms with Gasteiger partial charge in [-0.25, -0.2) is 0 Å². The van der Waals surface area contributed by atoms with Crippen molar-refractivity contribution in [3.8, 4) is 6.07 Å². The van der Waals surface area contributed by atoms with Crippen LogP contribution in [0.5, 0.6) is 0 Å². The zero-order valence-corrected chi connectivity index (χ0v) is 15.0. The van der Waals surface area contributed by atoms with Crippen LogP contribution in [0.4, 0.5) is 11.8 Å². The van der Waals surface area contributed by atoms with Gasteiger partial charge < -0.3 is 15.0 Å². The number of carbonyl (C=O) groups excluding carboxylic acids is 1. The molecule has 138 valence electrons. The first kappa shape index (κ1) is 17.5. The number of rotatable bonds is 2. The van der Waals surface area contributed by atoms with E-state index in [4.69, 9.17) is 16.3 Å². The van der Waals surface area contributed by atoms with Gasteiger partial charge in [-0.05, 0) is 17.7 Å². The van der Waals surface area contributed by atoms with Crippen LogP contribution in [0.3, 0.4) is 0 Å². The molecule has 1 fully saturated rings. The maximum atomic E-state index is 12.9. The predicted octanol–water partition coefficient (Wildman–Crippen LogP) is 1.48. The molecule has 0 spiro atoms.